The van der Waals surface area contributed by atoms with E-state index < -0.39 is 0 Å². The van der Waals surface area contributed by atoms with Gasteiger partial charge in [0.1, 0.15) is 11.0 Å². The molecule has 0 spiro atoms. The van der Waals surface area contributed by atoms with Gasteiger partial charge in [-0.05, 0) is 24.3 Å². The van der Waals surface area contributed by atoms with Crippen LogP contribution in [0.3, 0.4) is 0 Å². The minimum atomic E-state index is 0.383. The lowest BCUT2D eigenvalue weighted by atomic mass is 10.2. The Morgan fingerprint density at radius 2 is 1.90 bits per heavy atom. The number of benzene rings is 2. The van der Waals surface area contributed by atoms with Crippen molar-refractivity contribution in [2.45, 2.75) is 0 Å². The van der Waals surface area contributed by atoms with Gasteiger partial charge in [0.25, 0.3) is 0 Å². The van der Waals surface area contributed by atoms with Crippen LogP contribution in [0.1, 0.15) is 0 Å². The molecule has 5 nitrogen and oxygen atoms in total. The first-order valence-corrected chi connectivity index (χ1v) is 7.00. The molecule has 2 heterocycles. The predicted molar refractivity (Wildman–Crippen MR) is 81.5 cm³/mol. The van der Waals surface area contributed by atoms with Gasteiger partial charge in [-0.3, -0.25) is 4.57 Å². The molecule has 0 saturated carbocycles. The smallest absolute Gasteiger partial charge is 0.206 e. The number of anilines is 1. The van der Waals surface area contributed by atoms with E-state index in [1.807, 2.05) is 34.9 Å². The normalized spacial score (nSPS) is 11.4. The zero-order valence-electron chi connectivity index (χ0n) is 10.1. The lowest BCUT2D eigenvalue weighted by Crippen LogP contribution is -2.02. The maximum Gasteiger partial charge on any atom is 0.206 e. The molecular weight excluding hydrogens is 294 g/mol. The average Bonchev–Trinajstić information content (AvgIpc) is 3.03. The van der Waals surface area contributed by atoms with Crippen LogP contribution in [-0.2, 0) is 0 Å². The van der Waals surface area contributed by atoms with E-state index in [-0.39, 0.29) is 0 Å². The zero-order valence-corrected chi connectivity index (χ0v) is 11.7. The molecule has 98 valence electrons. The third-order valence-electron chi connectivity index (χ3n) is 3.16. The van der Waals surface area contributed by atoms with Crippen LogP contribution in [0.15, 0.2) is 36.4 Å². The molecule has 0 aliphatic rings. The highest BCUT2D eigenvalue weighted by Crippen LogP contribution is 2.33. The van der Waals surface area contributed by atoms with Crippen molar-refractivity contribution in [3.63, 3.8) is 0 Å². The van der Waals surface area contributed by atoms with Gasteiger partial charge in [-0.25, -0.2) is 4.98 Å². The molecule has 0 amide bonds. The Morgan fingerprint density at radius 3 is 2.80 bits per heavy atom. The van der Waals surface area contributed by atoms with E-state index in [9.17, 15) is 0 Å². The van der Waals surface area contributed by atoms with E-state index in [1.54, 1.807) is 6.07 Å². The second kappa shape index (κ2) is 4.16. The molecule has 4 rings (SSSR count). The summed E-state index contributed by atoms with van der Waals surface area (Å²) in [6.07, 6.45) is 0. The van der Waals surface area contributed by atoms with Crippen LogP contribution < -0.4 is 5.73 Å². The summed E-state index contributed by atoms with van der Waals surface area (Å²) in [6, 6.07) is 11.4. The first kappa shape index (κ1) is 11.6. The zero-order chi connectivity index (χ0) is 13.7. The third kappa shape index (κ3) is 1.52. The van der Waals surface area contributed by atoms with Crippen molar-refractivity contribution in [2.75, 3.05) is 5.73 Å². The molecule has 4 aromatic rings. The number of hydrogen-bond acceptors (Lipinski definition) is 5. The minimum absolute atomic E-state index is 0.383. The van der Waals surface area contributed by atoms with E-state index in [0.717, 1.165) is 39.5 Å². The quantitative estimate of drug-likeness (QED) is 0.586. The summed E-state index contributed by atoms with van der Waals surface area (Å²) in [6.45, 7) is 0. The maximum absolute atomic E-state index is 6.36. The number of hydrogen-bond donors (Lipinski definition) is 1. The molecule has 0 aliphatic carbocycles. The van der Waals surface area contributed by atoms with Crippen molar-refractivity contribution < 1.29 is 0 Å². The van der Waals surface area contributed by atoms with E-state index in [1.165, 1.54) is 0 Å². The van der Waals surface area contributed by atoms with Gasteiger partial charge in [-0.15, -0.1) is 0 Å². The molecule has 0 fully saturated rings. The summed E-state index contributed by atoms with van der Waals surface area (Å²) >= 11 is 7.51. The fourth-order valence-electron chi connectivity index (χ4n) is 2.31. The lowest BCUT2D eigenvalue weighted by molar-refractivity contribution is 1.12. The van der Waals surface area contributed by atoms with Crippen molar-refractivity contribution in [3.05, 3.63) is 41.4 Å². The molecule has 0 saturated heterocycles. The molecule has 0 unspecified atom stereocenters. The lowest BCUT2D eigenvalue weighted by Gasteiger charge is -2.09. The second-order valence-electron chi connectivity index (χ2n) is 4.32. The van der Waals surface area contributed by atoms with Crippen LogP contribution in [0.4, 0.5) is 5.95 Å². The fourth-order valence-corrected chi connectivity index (χ4v) is 3.08. The molecule has 0 bridgehead atoms. The summed E-state index contributed by atoms with van der Waals surface area (Å²) in [7, 11) is 0. The largest absolute Gasteiger partial charge is 0.369 e. The summed E-state index contributed by atoms with van der Waals surface area (Å²) in [5, 5.41) is 0.569. The Kier molecular flexibility index (Phi) is 2.42. The number of imidazole rings is 1. The van der Waals surface area contributed by atoms with Crippen molar-refractivity contribution >= 4 is 51.3 Å². The first-order valence-electron chi connectivity index (χ1n) is 5.90. The second-order valence-corrected chi connectivity index (χ2v) is 5.26. The van der Waals surface area contributed by atoms with Gasteiger partial charge in [0.15, 0.2) is 0 Å². The van der Waals surface area contributed by atoms with Gasteiger partial charge in [-0.1, -0.05) is 23.7 Å². The van der Waals surface area contributed by atoms with Crippen LogP contribution in [0, 0.1) is 0 Å². The number of aromatic nitrogens is 4. The Labute approximate surface area is 122 Å². The van der Waals surface area contributed by atoms with Crippen molar-refractivity contribution in [2.24, 2.45) is 0 Å². The Morgan fingerprint density at radius 1 is 1.05 bits per heavy atom. The number of fused-ring (bicyclic) bond motifs is 2. The molecule has 2 N–H and O–H groups in total. The number of nitrogens with zero attached hydrogens (tertiary/aromatic N) is 4. The van der Waals surface area contributed by atoms with Gasteiger partial charge in [0.2, 0.25) is 5.95 Å². The van der Waals surface area contributed by atoms with Crippen molar-refractivity contribution in [3.8, 4) is 5.69 Å². The van der Waals surface area contributed by atoms with Crippen molar-refractivity contribution in [1.82, 2.24) is 18.3 Å². The Hall–Kier alpha value is -2.18. The molecular formula is C13H8ClN5S. The van der Waals surface area contributed by atoms with E-state index in [4.69, 9.17) is 17.3 Å². The van der Waals surface area contributed by atoms with Gasteiger partial charge < -0.3 is 5.73 Å². The van der Waals surface area contributed by atoms with Gasteiger partial charge in [0.05, 0.1) is 33.5 Å². The average molecular weight is 302 g/mol. The first-order chi connectivity index (χ1) is 9.75. The third-order valence-corrected chi connectivity index (χ3v) is 4.01. The minimum Gasteiger partial charge on any atom is -0.369 e. The van der Waals surface area contributed by atoms with Crippen molar-refractivity contribution in [1.29, 1.82) is 0 Å². The highest BCUT2D eigenvalue weighted by molar-refractivity contribution is 7.00. The number of para-hydroxylation sites is 2. The highest BCUT2D eigenvalue weighted by Gasteiger charge is 2.17. The maximum atomic E-state index is 6.36. The van der Waals surface area contributed by atoms with E-state index in [2.05, 4.69) is 13.7 Å². The molecule has 20 heavy (non-hydrogen) atoms. The standard InChI is InChI=1S/C13H8ClN5S/c14-7-5-6-9-11(18-20-17-9)12(7)19-10-4-2-1-3-8(10)16-13(19)15/h1-6H,(H2,15,16). The molecule has 7 heteroatoms. The molecule has 2 aromatic heterocycles. The summed E-state index contributed by atoms with van der Waals surface area (Å²) in [4.78, 5) is 4.36. The topological polar surface area (TPSA) is 69.6 Å². The van der Waals surface area contributed by atoms with Gasteiger partial charge in [0, 0.05) is 0 Å². The molecule has 2 aromatic carbocycles. The van der Waals surface area contributed by atoms with Crippen LogP contribution in [0.5, 0.6) is 0 Å². The number of halogens is 1. The monoisotopic (exact) mass is 301 g/mol. The number of rotatable bonds is 1. The fraction of sp³-hybridized carbons (Fsp3) is 0. The van der Waals surface area contributed by atoms with E-state index in [0.29, 0.717) is 11.0 Å². The number of nitrogen functional groups attached to an aromatic ring is 1. The molecule has 0 radical (unpaired) electrons. The molecule has 0 aliphatic heterocycles. The van der Waals surface area contributed by atoms with E-state index >= 15 is 0 Å². The summed E-state index contributed by atoms with van der Waals surface area (Å²) in [5.41, 5.74) is 10.0. The SMILES string of the molecule is Nc1nc2ccccc2n1-c1c(Cl)ccc2nsnc12. The Bertz CT molecular complexity index is 942. The Balaban J connectivity index is 2.19. The summed E-state index contributed by atoms with van der Waals surface area (Å²) in [5.74, 6) is 0.383. The van der Waals surface area contributed by atoms with Gasteiger partial charge in [-0.2, -0.15) is 8.75 Å². The van der Waals surface area contributed by atoms with Crippen LogP contribution in [-0.4, -0.2) is 18.3 Å². The summed E-state index contributed by atoms with van der Waals surface area (Å²) < 4.78 is 10.4. The number of nitrogens with two attached hydrogens (primary N) is 1. The predicted octanol–water partition coefficient (Wildman–Crippen LogP) is 3.27. The highest BCUT2D eigenvalue weighted by atomic mass is 35.5. The molecule has 0 atom stereocenters. The van der Waals surface area contributed by atoms with Crippen LogP contribution in [0.2, 0.25) is 5.02 Å². The van der Waals surface area contributed by atoms with Crippen LogP contribution >= 0.6 is 23.3 Å². The van der Waals surface area contributed by atoms with Gasteiger partial charge >= 0.3 is 0 Å². The van der Waals surface area contributed by atoms with Crippen LogP contribution in [0.25, 0.3) is 27.8 Å².